The van der Waals surface area contributed by atoms with E-state index in [9.17, 15) is 0 Å². The molecule has 6 heavy (non-hydrogen) atoms. The van der Waals surface area contributed by atoms with Crippen LogP contribution in [-0.4, -0.2) is 28.6 Å². The first-order valence-corrected chi connectivity index (χ1v) is 3.79. The molecule has 0 atom stereocenters. The summed E-state index contributed by atoms with van der Waals surface area (Å²) in [7, 11) is -3.60. The van der Waals surface area contributed by atoms with Crippen molar-refractivity contribution in [1.82, 2.24) is 0 Å². The smallest absolute Gasteiger partial charge is 0.369 e. The van der Waals surface area contributed by atoms with E-state index in [1.54, 1.807) is 0 Å². The fourth-order valence-electron chi connectivity index (χ4n) is 0.116. The summed E-state index contributed by atoms with van der Waals surface area (Å²) in [6.07, 6.45) is 0. The molecule has 0 aromatic rings. The van der Waals surface area contributed by atoms with E-state index in [4.69, 9.17) is 9.59 Å². The molecule has 1 saturated heterocycles. The van der Waals surface area contributed by atoms with Crippen LogP contribution in [0.1, 0.15) is 0 Å². The van der Waals surface area contributed by atoms with Gasteiger partial charge in [-0.2, -0.15) is 0 Å². The molecule has 0 aliphatic carbocycles. The van der Waals surface area contributed by atoms with Crippen LogP contribution in [0.2, 0.25) is 0 Å². The molecule has 1 aliphatic rings. The summed E-state index contributed by atoms with van der Waals surface area (Å²) in [5, 5.41) is 0. The summed E-state index contributed by atoms with van der Waals surface area (Å²) >= 11 is 0. The van der Waals surface area contributed by atoms with E-state index in [0.717, 1.165) is 0 Å². The van der Waals surface area contributed by atoms with Crippen LogP contribution in [0.4, 0.5) is 0 Å². The lowest BCUT2D eigenvalue weighted by molar-refractivity contribution is 0.0740. The predicted octanol–water partition coefficient (Wildman–Crippen LogP) is -2.01. The minimum absolute atomic E-state index is 0.166. The SMILES string of the molecule is O[Si]1(O)O[Si]O1. The van der Waals surface area contributed by atoms with E-state index in [0.29, 0.717) is 0 Å². The van der Waals surface area contributed by atoms with Gasteiger partial charge >= 0.3 is 19.1 Å². The van der Waals surface area contributed by atoms with Crippen molar-refractivity contribution in [3.8, 4) is 0 Å². The van der Waals surface area contributed by atoms with Gasteiger partial charge in [0, 0.05) is 0 Å². The quantitative estimate of drug-likeness (QED) is 0.364. The Kier molecular flexibility index (Phi) is 0.828. The molecule has 1 fully saturated rings. The highest BCUT2D eigenvalue weighted by molar-refractivity contribution is 6.68. The Balaban J connectivity index is 2.31. The lowest BCUT2D eigenvalue weighted by Gasteiger charge is -2.23. The second kappa shape index (κ2) is 1.12. The van der Waals surface area contributed by atoms with Crippen molar-refractivity contribution < 1.29 is 17.8 Å². The molecule has 2 N–H and O–H groups in total. The van der Waals surface area contributed by atoms with E-state index in [-0.39, 0.29) is 10.0 Å². The lowest BCUT2D eigenvalue weighted by Crippen LogP contribution is -2.55. The molecule has 0 aromatic heterocycles. The van der Waals surface area contributed by atoms with Crippen molar-refractivity contribution in [3.63, 3.8) is 0 Å². The summed E-state index contributed by atoms with van der Waals surface area (Å²) < 4.78 is 8.35. The van der Waals surface area contributed by atoms with Crippen molar-refractivity contribution in [3.05, 3.63) is 0 Å². The molecule has 1 heterocycles. The van der Waals surface area contributed by atoms with E-state index in [2.05, 4.69) is 8.23 Å². The average Bonchev–Trinajstić information content (AvgIpc) is 1.32. The van der Waals surface area contributed by atoms with E-state index in [1.807, 2.05) is 0 Å². The van der Waals surface area contributed by atoms with Crippen LogP contribution in [0.3, 0.4) is 0 Å². The Labute approximate surface area is 37.9 Å². The number of hydrogen-bond acceptors (Lipinski definition) is 4. The molecule has 6 heteroatoms. The Morgan fingerprint density at radius 3 is 1.67 bits per heavy atom. The Bertz CT molecular complexity index is 52.6. The van der Waals surface area contributed by atoms with Crippen LogP contribution in [0.25, 0.3) is 0 Å². The van der Waals surface area contributed by atoms with Gasteiger partial charge in [-0.15, -0.1) is 0 Å². The first kappa shape index (κ1) is 4.43. The molecule has 0 aromatic carbocycles. The normalized spacial score (nSPS) is 29.0. The highest BCUT2D eigenvalue weighted by Gasteiger charge is 2.45. The summed E-state index contributed by atoms with van der Waals surface area (Å²) in [6, 6.07) is 0. The van der Waals surface area contributed by atoms with E-state index < -0.39 is 9.05 Å². The Morgan fingerprint density at radius 1 is 1.33 bits per heavy atom. The van der Waals surface area contributed by atoms with Crippen LogP contribution in [0.15, 0.2) is 0 Å². The van der Waals surface area contributed by atoms with Gasteiger partial charge in [-0.05, 0) is 0 Å². The topological polar surface area (TPSA) is 58.9 Å². The summed E-state index contributed by atoms with van der Waals surface area (Å²) in [5.41, 5.74) is 0. The maximum Gasteiger partial charge on any atom is 0.655 e. The van der Waals surface area contributed by atoms with Gasteiger partial charge in [0.1, 0.15) is 0 Å². The highest BCUT2D eigenvalue weighted by atomic mass is 28.5. The standard InChI is InChI=1S/H2O4Si2/c1-6(2)3-5-4-6/h1-2H. The molecule has 2 radical (unpaired) electrons. The third kappa shape index (κ3) is 0.669. The zero-order valence-electron chi connectivity index (χ0n) is 2.71. The first-order chi connectivity index (χ1) is 2.71. The fourth-order valence-corrected chi connectivity index (χ4v) is 1.05. The molecule has 1 rings (SSSR count). The summed E-state index contributed by atoms with van der Waals surface area (Å²) in [6.45, 7) is 0. The van der Waals surface area contributed by atoms with Gasteiger partial charge in [-0.1, -0.05) is 0 Å². The molecule has 0 bridgehead atoms. The Morgan fingerprint density at radius 2 is 1.67 bits per heavy atom. The average molecular weight is 122 g/mol. The molecular weight excluding hydrogens is 120 g/mol. The van der Waals surface area contributed by atoms with Crippen LogP contribution in [0.5, 0.6) is 0 Å². The van der Waals surface area contributed by atoms with Gasteiger partial charge in [-0.25, -0.2) is 0 Å². The molecule has 4 nitrogen and oxygen atoms in total. The van der Waals surface area contributed by atoms with Crippen LogP contribution < -0.4 is 0 Å². The monoisotopic (exact) mass is 122 g/mol. The number of hydrogen-bond donors (Lipinski definition) is 2. The molecule has 0 saturated carbocycles. The highest BCUT2D eigenvalue weighted by Crippen LogP contribution is 2.04. The van der Waals surface area contributed by atoms with Crippen molar-refractivity contribution in [2.24, 2.45) is 0 Å². The molecule has 0 spiro atoms. The second-order valence-corrected chi connectivity index (χ2v) is 3.73. The van der Waals surface area contributed by atoms with E-state index in [1.165, 1.54) is 0 Å². The molecule has 34 valence electrons. The third-order valence-electron chi connectivity index (χ3n) is 0.349. The molecule has 0 unspecified atom stereocenters. The molecule has 0 amide bonds. The molecule has 1 aliphatic heterocycles. The lowest BCUT2D eigenvalue weighted by atomic mass is 15.6. The summed E-state index contributed by atoms with van der Waals surface area (Å²) in [5.74, 6) is 0. The van der Waals surface area contributed by atoms with Gasteiger partial charge in [-0.3, -0.25) is 0 Å². The van der Waals surface area contributed by atoms with Gasteiger partial charge in [0.05, 0.1) is 0 Å². The minimum Gasteiger partial charge on any atom is -0.369 e. The van der Waals surface area contributed by atoms with Gasteiger partial charge in [0.15, 0.2) is 0 Å². The van der Waals surface area contributed by atoms with Gasteiger partial charge in [0.2, 0.25) is 0 Å². The maximum atomic E-state index is 8.17. The third-order valence-corrected chi connectivity index (χ3v) is 3.14. The minimum atomic E-state index is -3.44. The summed E-state index contributed by atoms with van der Waals surface area (Å²) in [4.78, 5) is 16.3. The Hall–Kier alpha value is 0.274. The zero-order valence-corrected chi connectivity index (χ0v) is 4.71. The van der Waals surface area contributed by atoms with E-state index >= 15 is 0 Å². The maximum absolute atomic E-state index is 8.17. The van der Waals surface area contributed by atoms with Crippen molar-refractivity contribution in [1.29, 1.82) is 0 Å². The number of rotatable bonds is 0. The van der Waals surface area contributed by atoms with Gasteiger partial charge in [0.25, 0.3) is 0 Å². The first-order valence-electron chi connectivity index (χ1n) is 1.26. The van der Waals surface area contributed by atoms with Crippen molar-refractivity contribution >= 4 is 19.1 Å². The second-order valence-electron chi connectivity index (χ2n) is 0.836. The van der Waals surface area contributed by atoms with Crippen molar-refractivity contribution in [2.75, 3.05) is 0 Å². The fraction of sp³-hybridized carbons (Fsp3) is 0. The zero-order chi connectivity index (χ0) is 4.62. The van der Waals surface area contributed by atoms with Crippen LogP contribution >= 0.6 is 0 Å². The predicted molar refractivity (Wildman–Crippen MR) is 18.1 cm³/mol. The van der Waals surface area contributed by atoms with Crippen LogP contribution in [-0.2, 0) is 8.23 Å². The van der Waals surface area contributed by atoms with Gasteiger partial charge < -0.3 is 17.8 Å². The largest absolute Gasteiger partial charge is 0.655 e. The van der Waals surface area contributed by atoms with Crippen LogP contribution in [0, 0.1) is 0 Å². The van der Waals surface area contributed by atoms with Crippen molar-refractivity contribution in [2.45, 2.75) is 0 Å². The molecular formula is H2O4Si2.